The summed E-state index contributed by atoms with van der Waals surface area (Å²) < 4.78 is 5.78. The van der Waals surface area contributed by atoms with E-state index >= 15 is 0 Å². The Morgan fingerprint density at radius 3 is 2.42 bits per heavy atom. The van der Waals surface area contributed by atoms with Gasteiger partial charge in [-0.05, 0) is 67.9 Å². The van der Waals surface area contributed by atoms with E-state index in [4.69, 9.17) is 4.74 Å². The lowest BCUT2D eigenvalue weighted by Crippen LogP contribution is -2.44. The number of fused-ring (bicyclic) bond motifs is 1. The highest BCUT2D eigenvalue weighted by atomic mass is 16.6. The molecule has 264 valence electrons. The van der Waals surface area contributed by atoms with Crippen LogP contribution in [0.5, 0.6) is 5.75 Å². The van der Waals surface area contributed by atoms with Crippen LogP contribution in [0.1, 0.15) is 50.2 Å². The number of pyridine rings is 1. The second kappa shape index (κ2) is 16.3. The van der Waals surface area contributed by atoms with Gasteiger partial charge in [-0.15, -0.1) is 0 Å². The van der Waals surface area contributed by atoms with Crippen molar-refractivity contribution in [3.8, 4) is 16.9 Å². The number of aromatic hydroxyl groups is 1. The molecule has 1 aromatic heterocycles. The maximum absolute atomic E-state index is 13.3. The molecule has 11 heteroatoms. The summed E-state index contributed by atoms with van der Waals surface area (Å²) in [7, 11) is 1.88. The van der Waals surface area contributed by atoms with Crippen LogP contribution in [0.15, 0.2) is 83.7 Å². The summed E-state index contributed by atoms with van der Waals surface area (Å²) in [5.74, 6) is 0.136. The van der Waals surface area contributed by atoms with E-state index in [1.165, 1.54) is 12.1 Å². The van der Waals surface area contributed by atoms with Crippen molar-refractivity contribution < 1.29 is 24.5 Å². The van der Waals surface area contributed by atoms with Gasteiger partial charge in [-0.3, -0.25) is 14.9 Å². The van der Waals surface area contributed by atoms with Crippen molar-refractivity contribution in [2.75, 3.05) is 45.1 Å². The van der Waals surface area contributed by atoms with Crippen LogP contribution in [0.25, 0.3) is 22.0 Å². The summed E-state index contributed by atoms with van der Waals surface area (Å²) >= 11 is 0. The first-order chi connectivity index (χ1) is 24.2. The Balaban J connectivity index is 0.882. The minimum absolute atomic E-state index is 0.00879. The number of carbonyl (C=O) groups excluding carboxylic acids is 2. The van der Waals surface area contributed by atoms with Gasteiger partial charge in [0.2, 0.25) is 11.5 Å². The van der Waals surface area contributed by atoms with Crippen molar-refractivity contribution in [2.24, 2.45) is 5.92 Å². The number of likely N-dealkylation sites (tertiary alicyclic amines) is 1. The van der Waals surface area contributed by atoms with Gasteiger partial charge in [-0.2, -0.15) is 0 Å². The molecule has 2 heterocycles. The van der Waals surface area contributed by atoms with E-state index in [9.17, 15) is 24.6 Å². The van der Waals surface area contributed by atoms with Crippen molar-refractivity contribution in [3.05, 3.63) is 94.8 Å². The minimum atomic E-state index is -0.814. The highest BCUT2D eigenvalue weighted by Gasteiger charge is 2.29. The number of phenolic OH excluding ortho intramolecular Hbond substituents is 1. The molecule has 0 spiro atoms. The Hall–Kier alpha value is -4.71. The van der Waals surface area contributed by atoms with Crippen molar-refractivity contribution >= 4 is 28.6 Å². The van der Waals surface area contributed by atoms with Crippen LogP contribution in [0.4, 0.5) is 10.5 Å². The number of piperidine rings is 1. The lowest BCUT2D eigenvalue weighted by atomic mass is 9.85. The highest BCUT2D eigenvalue weighted by molar-refractivity contribution is 5.91. The average Bonchev–Trinajstić information content (AvgIpc) is 3.14. The molecule has 2 amide bonds. The quantitative estimate of drug-likeness (QED) is 0.144. The molecule has 2 fully saturated rings. The highest BCUT2D eigenvalue weighted by Crippen LogP contribution is 2.31. The van der Waals surface area contributed by atoms with Gasteiger partial charge in [-0.25, -0.2) is 4.79 Å². The Morgan fingerprint density at radius 1 is 0.940 bits per heavy atom. The topological polar surface area (TPSA) is 147 Å². The molecule has 1 saturated carbocycles. The molecule has 6 rings (SSSR count). The average molecular weight is 682 g/mol. The zero-order valence-corrected chi connectivity index (χ0v) is 28.5. The number of nitrogens with zero attached hydrogens (tertiary/aromatic N) is 2. The Bertz CT molecular complexity index is 1820. The zero-order chi connectivity index (χ0) is 35.0. The zero-order valence-electron chi connectivity index (χ0n) is 28.5. The molecule has 11 nitrogen and oxygen atoms in total. The van der Waals surface area contributed by atoms with Crippen LogP contribution >= 0.6 is 0 Å². The Labute approximate surface area is 292 Å². The van der Waals surface area contributed by atoms with Gasteiger partial charge in [-0.1, -0.05) is 54.6 Å². The number of H-pyrrole nitrogens is 1. The van der Waals surface area contributed by atoms with Crippen molar-refractivity contribution in [2.45, 2.75) is 56.8 Å². The number of carbonyl (C=O) groups is 2. The molecule has 0 unspecified atom stereocenters. The number of nitrogens with one attached hydrogen (secondary N) is 3. The van der Waals surface area contributed by atoms with E-state index in [2.05, 4.69) is 20.5 Å². The van der Waals surface area contributed by atoms with Crippen molar-refractivity contribution in [1.82, 2.24) is 20.1 Å². The number of anilines is 1. The molecule has 1 aliphatic heterocycles. The maximum Gasteiger partial charge on any atom is 0.411 e. The summed E-state index contributed by atoms with van der Waals surface area (Å²) in [5, 5.41) is 28.0. The third-order valence-corrected chi connectivity index (χ3v) is 10.1. The fraction of sp³-hybridized carbons (Fsp3) is 0.410. The standard InChI is InChI=1S/C39H47N5O6/c1-43(23-24-44-21-19-29(20-22-44)50-39(49)41-33-10-6-5-9-30(33)26-7-3-2-4-8-26)38(48)27-11-13-28(14-12-27)40-25-35(46)31-15-17-34(45)37-32(31)16-18-36(47)42-37/h2-10,15-18,27-29,35,40,45-46H,11-14,19-25H2,1H3,(H,41,49)(H,42,47)/t27?,28?,35-/m1/s1. The fourth-order valence-corrected chi connectivity index (χ4v) is 7.20. The lowest BCUT2D eigenvalue weighted by molar-refractivity contribution is -0.135. The summed E-state index contributed by atoms with van der Waals surface area (Å²) in [6.45, 7) is 3.37. The van der Waals surface area contributed by atoms with Crippen LogP contribution in [0, 0.1) is 5.92 Å². The molecule has 0 bridgehead atoms. The molecule has 5 N–H and O–H groups in total. The number of ether oxygens (including phenoxy) is 1. The van der Waals surface area contributed by atoms with Gasteiger partial charge in [0.1, 0.15) is 11.9 Å². The number of para-hydroxylation sites is 1. The fourth-order valence-electron chi connectivity index (χ4n) is 7.20. The van der Waals surface area contributed by atoms with Gasteiger partial charge in [0.25, 0.3) is 0 Å². The first kappa shape index (κ1) is 35.1. The molecular weight excluding hydrogens is 634 g/mol. The third-order valence-electron chi connectivity index (χ3n) is 10.1. The smallest absolute Gasteiger partial charge is 0.411 e. The Kier molecular flexibility index (Phi) is 11.5. The Morgan fingerprint density at radius 2 is 1.66 bits per heavy atom. The lowest BCUT2D eigenvalue weighted by Gasteiger charge is -2.34. The van der Waals surface area contributed by atoms with Gasteiger partial charge >= 0.3 is 6.09 Å². The van der Waals surface area contributed by atoms with Crippen LogP contribution in [-0.4, -0.2) is 88.9 Å². The number of aliphatic hydroxyl groups excluding tert-OH is 1. The van der Waals surface area contributed by atoms with Crippen LogP contribution in [0.3, 0.4) is 0 Å². The number of hydrogen-bond donors (Lipinski definition) is 5. The normalized spacial score (nSPS) is 19.2. The summed E-state index contributed by atoms with van der Waals surface area (Å²) in [5.41, 5.74) is 3.33. The molecule has 0 radical (unpaired) electrons. The molecule has 1 aliphatic carbocycles. The predicted molar refractivity (Wildman–Crippen MR) is 194 cm³/mol. The van der Waals surface area contributed by atoms with Crippen LogP contribution in [0.2, 0.25) is 0 Å². The first-order valence-electron chi connectivity index (χ1n) is 17.6. The number of amides is 2. The summed E-state index contributed by atoms with van der Waals surface area (Å²) in [4.78, 5) is 44.6. The summed E-state index contributed by atoms with van der Waals surface area (Å²) in [6.07, 6.45) is 3.37. The van der Waals surface area contributed by atoms with E-state index in [0.717, 1.165) is 75.0 Å². The number of rotatable bonds is 11. The van der Waals surface area contributed by atoms with Crippen molar-refractivity contribution in [1.29, 1.82) is 0 Å². The number of likely N-dealkylation sites (N-methyl/N-ethyl adjacent to an activating group) is 1. The van der Waals surface area contributed by atoms with E-state index < -0.39 is 12.2 Å². The number of benzene rings is 3. The third kappa shape index (κ3) is 8.71. The number of phenols is 1. The number of aromatic amines is 1. The van der Waals surface area contributed by atoms with Crippen molar-refractivity contribution in [3.63, 3.8) is 0 Å². The van der Waals surface area contributed by atoms with Crippen LogP contribution < -0.4 is 16.2 Å². The maximum atomic E-state index is 13.3. The molecular formula is C39H47N5O6. The number of hydrogen-bond acceptors (Lipinski definition) is 8. The van der Waals surface area contributed by atoms with E-state index in [-0.39, 0.29) is 35.3 Å². The molecule has 50 heavy (non-hydrogen) atoms. The second-order valence-electron chi connectivity index (χ2n) is 13.5. The van der Waals surface area contributed by atoms with E-state index in [1.54, 1.807) is 12.1 Å². The molecule has 3 aromatic carbocycles. The van der Waals surface area contributed by atoms with Crippen LogP contribution in [-0.2, 0) is 9.53 Å². The molecule has 2 aliphatic rings. The number of aromatic nitrogens is 1. The largest absolute Gasteiger partial charge is 0.506 e. The molecule has 1 saturated heterocycles. The SMILES string of the molecule is CN(CCN1CCC(OC(=O)Nc2ccccc2-c2ccccc2)CC1)C(=O)C1CCC(NC[C@@H](O)c2ccc(O)c3[nH]c(=O)ccc23)CC1. The number of aliphatic hydroxyl groups is 1. The van der Waals surface area contributed by atoms with E-state index in [0.29, 0.717) is 29.6 Å². The first-order valence-corrected chi connectivity index (χ1v) is 17.6. The molecule has 4 aromatic rings. The minimum Gasteiger partial charge on any atom is -0.506 e. The van der Waals surface area contributed by atoms with Gasteiger partial charge in [0.15, 0.2) is 0 Å². The van der Waals surface area contributed by atoms with Gasteiger partial charge in [0, 0.05) is 68.7 Å². The monoisotopic (exact) mass is 681 g/mol. The second-order valence-corrected chi connectivity index (χ2v) is 13.5. The summed E-state index contributed by atoms with van der Waals surface area (Å²) in [6, 6.07) is 24.0. The van der Waals surface area contributed by atoms with Gasteiger partial charge in [0.05, 0.1) is 17.3 Å². The predicted octanol–water partition coefficient (Wildman–Crippen LogP) is 5.25. The van der Waals surface area contributed by atoms with E-state index in [1.807, 2.05) is 66.5 Å². The molecule has 1 atom stereocenters. The van der Waals surface area contributed by atoms with Gasteiger partial charge < -0.3 is 35.1 Å².